The molecule has 12 aliphatic heterocycles. The maximum Gasteiger partial charge on any atom is 0.418 e. The van der Waals surface area contributed by atoms with Crippen molar-refractivity contribution in [2.45, 2.75) is 35.5 Å². The van der Waals surface area contributed by atoms with Crippen LogP contribution in [0.2, 0.25) is 0 Å². The van der Waals surface area contributed by atoms with Crippen molar-refractivity contribution < 1.29 is 26.3 Å². The second-order valence-electron chi connectivity index (χ2n) is 34.8. The normalized spacial score (nSPS) is 14.6. The number of rotatable bonds is 3. The molecule has 0 aromatic heterocycles. The van der Waals surface area contributed by atoms with E-state index in [0.29, 0.717) is 5.69 Å². The Hall–Kier alpha value is -14.2. The molecule has 30 rings (SSSR count). The lowest BCUT2D eigenvalue weighted by Gasteiger charge is -2.49. The van der Waals surface area contributed by atoms with E-state index in [9.17, 15) is 13.2 Å². The molecule has 12 heterocycles. The summed E-state index contributed by atoms with van der Waals surface area (Å²) in [7, 11) is 0. The van der Waals surface area contributed by atoms with Crippen molar-refractivity contribution in [1.82, 2.24) is 0 Å². The van der Waals surface area contributed by atoms with Crippen LogP contribution in [0.3, 0.4) is 0 Å². The molecule has 12 aliphatic rings. The number of benzene rings is 18. The maximum absolute atomic E-state index is 15.7. The van der Waals surface area contributed by atoms with Gasteiger partial charge in [0.1, 0.15) is 23.1 Å². The molecule has 0 saturated carbocycles. The molecule has 0 amide bonds. The first-order valence-corrected chi connectivity index (χ1v) is 46.3. The van der Waals surface area contributed by atoms with Gasteiger partial charge in [0, 0.05) is 115 Å². The summed E-state index contributed by atoms with van der Waals surface area (Å²) in [5, 5.41) is 0. The van der Waals surface area contributed by atoms with Crippen LogP contribution in [0.4, 0.5) is 129 Å². The van der Waals surface area contributed by atoms with Crippen molar-refractivity contribution in [3.8, 4) is 0 Å². The highest BCUT2D eigenvalue weighted by atomic mass is 32.2. The van der Waals surface area contributed by atoms with Gasteiger partial charge >= 0.3 is 6.18 Å². The van der Waals surface area contributed by atoms with Crippen LogP contribution < -0.4 is 128 Å². The van der Waals surface area contributed by atoms with Gasteiger partial charge in [0.25, 0.3) is 20.1 Å². The van der Waals surface area contributed by atoms with E-state index in [2.05, 4.69) is 293 Å². The third kappa shape index (κ3) is 10.2. The van der Waals surface area contributed by atoms with E-state index in [1.807, 2.05) is 70.1 Å². The average molecular weight is 1730 g/mol. The first kappa shape index (κ1) is 74.8. The van der Waals surface area contributed by atoms with Gasteiger partial charge in [-0.3, -0.25) is 0 Å². The maximum atomic E-state index is 15.7. The van der Waals surface area contributed by atoms with Crippen LogP contribution >= 0.6 is 35.3 Å². The minimum absolute atomic E-state index is 0.0178. The second-order valence-corrected chi connectivity index (χ2v) is 38.1. The first-order valence-electron chi connectivity index (χ1n) is 43.9. The second kappa shape index (κ2) is 27.9. The van der Waals surface area contributed by atoms with Gasteiger partial charge in [-0.05, 0) is 209 Å². The van der Waals surface area contributed by atoms with Gasteiger partial charge in [-0.1, -0.05) is 300 Å². The summed E-state index contributed by atoms with van der Waals surface area (Å²) in [5.74, 6) is -1.39. The van der Waals surface area contributed by atoms with E-state index in [4.69, 9.17) is 0 Å². The van der Waals surface area contributed by atoms with Crippen molar-refractivity contribution >= 4 is 276 Å². The SMILES string of the molecule is FC(F)(F)c1ccccc1N1c2ccccc2B2c3ccccc3N3c4ccccc4B4c5ccccc5Sc5cc1c2c3c54.Fc1cccc(F)c1N1c2ccccc2B2c3ccccc3N3c4ccccc4B4c5ccccc5Sc5cc1c2c3c54.Fc1ccccc1N1c2ccccc2B2c3ccccc3N3c4ccccc4B4c5ccccc5Sc5cc1c2c3c54. The molecule has 130 heavy (non-hydrogen) atoms. The number of hydrogen-bond donors (Lipinski definition) is 0. The van der Waals surface area contributed by atoms with Crippen LogP contribution in [0.1, 0.15) is 5.56 Å². The van der Waals surface area contributed by atoms with Crippen molar-refractivity contribution in [1.29, 1.82) is 0 Å². The van der Waals surface area contributed by atoms with Gasteiger partial charge in [0.05, 0.1) is 16.9 Å². The molecule has 21 heteroatoms. The summed E-state index contributed by atoms with van der Waals surface area (Å²) in [5.41, 5.74) is 37.7. The molecule has 0 saturated heterocycles. The lowest BCUT2D eigenvalue weighted by molar-refractivity contribution is -0.137. The number of para-hydroxylation sites is 12. The Bertz CT molecular complexity index is 8030. The predicted octanol–water partition coefficient (Wildman–Crippen LogP) is 16.6. The molecule has 0 N–H and O–H groups in total. The summed E-state index contributed by atoms with van der Waals surface area (Å²) < 4.78 is 91.2. The quantitative estimate of drug-likeness (QED) is 0.126. The summed E-state index contributed by atoms with van der Waals surface area (Å²) in [6.07, 6.45) is -4.52. The fraction of sp³-hybridized carbons (Fsp3) is 0.00917. The number of halogens is 6. The van der Waals surface area contributed by atoms with E-state index in [0.717, 1.165) is 105 Å². The highest BCUT2D eigenvalue weighted by Crippen LogP contribution is 2.55. The molecule has 606 valence electrons. The molecule has 0 radical (unpaired) electrons. The molecule has 18 aromatic rings. The summed E-state index contributed by atoms with van der Waals surface area (Å²) in [6.45, 7) is 0.0332. The van der Waals surface area contributed by atoms with E-state index >= 15 is 13.2 Å². The monoisotopic (exact) mass is 1730 g/mol. The van der Waals surface area contributed by atoms with Gasteiger partial charge in [-0.2, -0.15) is 13.2 Å². The minimum atomic E-state index is -4.52. The predicted molar refractivity (Wildman–Crippen MR) is 532 cm³/mol. The zero-order valence-corrected chi connectivity index (χ0v) is 71.4. The molecule has 0 atom stereocenters. The van der Waals surface area contributed by atoms with Gasteiger partial charge in [0.2, 0.25) is 20.1 Å². The van der Waals surface area contributed by atoms with Gasteiger partial charge in [0.15, 0.2) is 0 Å². The topological polar surface area (TPSA) is 19.4 Å². The van der Waals surface area contributed by atoms with Crippen LogP contribution in [0, 0.1) is 17.5 Å². The number of fused-ring (bicyclic) bond motifs is 30. The average Bonchev–Trinajstić information content (AvgIpc) is 0.680. The van der Waals surface area contributed by atoms with Crippen LogP contribution in [0.25, 0.3) is 0 Å². The van der Waals surface area contributed by atoms with Crippen LogP contribution in [-0.2, 0) is 6.18 Å². The van der Waals surface area contributed by atoms with Gasteiger partial charge in [-0.25, -0.2) is 13.2 Å². The van der Waals surface area contributed by atoms with Crippen molar-refractivity contribution in [2.75, 3.05) is 29.4 Å². The summed E-state index contributed by atoms with van der Waals surface area (Å²) in [6, 6.07) is 127. The standard InChI is InChI=1S/C37H21B2F3N2S.C36H20B2F2N2S.C36H21B2FN2S/c40-37(41,42)22-11-1-6-16-27(22)43-28-17-7-2-12-23(28)38-24-13-3-8-18-29(24)44-30-19-9-4-14-25(30)39-26-15-5-10-20-32(26)45-33-21-31(43)34(38)36(44)35(33)39;39-25-14-9-15-26(40)35(25)42-29-18-7-2-11-22(29)37-21-10-1-5-16-27(21)41-28-17-6-3-12-23(28)38-24-13-4-8-19-31(24)43-32-20-30(42)33(37)36(41)34(32)38;39-26-15-5-9-19-30(26)40-27-16-6-1-11-22(27)37-23-12-2-7-17-28(23)41-29-18-8-3-13-24(29)38-25-14-4-10-20-32(25)42-33-21-31(40)34(37)36(41)35(33)38/h1-21H;1-20H;1-21H. The van der Waals surface area contributed by atoms with Crippen LogP contribution in [-0.4, -0.2) is 40.3 Å². The van der Waals surface area contributed by atoms with E-state index < -0.39 is 23.4 Å². The largest absolute Gasteiger partial charge is 0.418 e. The zero-order chi connectivity index (χ0) is 85.9. The summed E-state index contributed by atoms with van der Waals surface area (Å²) in [4.78, 5) is 20.3. The van der Waals surface area contributed by atoms with E-state index in [1.54, 1.807) is 47.8 Å². The number of hydrogen-bond acceptors (Lipinski definition) is 9. The Morgan fingerprint density at radius 1 is 0.177 bits per heavy atom. The number of anilines is 18. The molecule has 0 bridgehead atoms. The highest BCUT2D eigenvalue weighted by Gasteiger charge is 2.56. The van der Waals surface area contributed by atoms with E-state index in [1.165, 1.54) is 138 Å². The Balaban J connectivity index is 0.0000000981. The fourth-order valence-electron chi connectivity index (χ4n) is 23.8. The Morgan fingerprint density at radius 3 is 0.692 bits per heavy atom. The number of nitrogens with zero attached hydrogens (tertiary/aromatic N) is 6. The lowest BCUT2D eigenvalue weighted by atomic mass is 9.29. The van der Waals surface area contributed by atoms with Gasteiger partial charge in [-0.15, -0.1) is 0 Å². The lowest BCUT2D eigenvalue weighted by Crippen LogP contribution is -2.68. The molecule has 0 spiro atoms. The Labute approximate surface area is 761 Å². The molecular formula is C109H62B6F6N6S3. The summed E-state index contributed by atoms with van der Waals surface area (Å²) >= 11 is 5.31. The Kier molecular flexibility index (Phi) is 16.1. The fourth-order valence-corrected chi connectivity index (χ4v) is 27.3. The van der Waals surface area contributed by atoms with Crippen molar-refractivity contribution in [2.24, 2.45) is 0 Å². The minimum Gasteiger partial charge on any atom is -0.312 e. The molecule has 0 unspecified atom stereocenters. The Morgan fingerprint density at radius 2 is 0.392 bits per heavy atom. The molecule has 18 aromatic carbocycles. The molecular weight excluding hydrogens is 1670 g/mol. The third-order valence-corrected chi connectivity index (χ3v) is 32.0. The van der Waals surface area contributed by atoms with Gasteiger partial charge < -0.3 is 29.4 Å². The first-order chi connectivity index (χ1) is 64.0. The molecule has 6 nitrogen and oxygen atoms in total. The number of alkyl halides is 3. The zero-order valence-electron chi connectivity index (χ0n) is 68.9. The van der Waals surface area contributed by atoms with Crippen molar-refractivity contribution in [3.63, 3.8) is 0 Å². The highest BCUT2D eigenvalue weighted by molar-refractivity contribution is 8.00. The van der Waals surface area contributed by atoms with E-state index in [-0.39, 0.29) is 57.5 Å². The molecule has 0 aliphatic carbocycles. The van der Waals surface area contributed by atoms with Crippen LogP contribution in [0.5, 0.6) is 0 Å². The smallest absolute Gasteiger partial charge is 0.312 e. The third-order valence-electron chi connectivity index (χ3n) is 28.5. The van der Waals surface area contributed by atoms with Crippen molar-refractivity contribution in [3.05, 3.63) is 399 Å². The van der Waals surface area contributed by atoms with Crippen LogP contribution in [0.15, 0.2) is 405 Å². The molecule has 0 fully saturated rings.